The molecule has 5 heterocycles. The Labute approximate surface area is 440 Å². The molecule has 4 aliphatic heterocycles. The van der Waals surface area contributed by atoms with E-state index in [0.29, 0.717) is 112 Å². The smallest absolute Gasteiger partial charge is 0.272 e. The van der Waals surface area contributed by atoms with Gasteiger partial charge in [0.15, 0.2) is 0 Å². The van der Waals surface area contributed by atoms with Gasteiger partial charge in [0, 0.05) is 83.2 Å². The summed E-state index contributed by atoms with van der Waals surface area (Å²) in [5.74, 6) is -2.82. The number of amides is 5. The maximum atomic E-state index is 16.4. The van der Waals surface area contributed by atoms with E-state index in [-0.39, 0.29) is 97.3 Å². The van der Waals surface area contributed by atoms with E-state index in [2.05, 4.69) is 20.4 Å². The Morgan fingerprint density at radius 1 is 0.711 bits per heavy atom. The van der Waals surface area contributed by atoms with Crippen molar-refractivity contribution in [3.05, 3.63) is 111 Å². The van der Waals surface area contributed by atoms with E-state index in [1.165, 1.54) is 12.1 Å². The second kappa shape index (κ2) is 21.7. The molecule has 18 heteroatoms. The number of piperazine rings is 1. The van der Waals surface area contributed by atoms with Gasteiger partial charge in [-0.05, 0) is 112 Å². The van der Waals surface area contributed by atoms with Crippen molar-refractivity contribution in [3.8, 4) is 0 Å². The summed E-state index contributed by atoms with van der Waals surface area (Å²) < 4.78 is 52.5. The van der Waals surface area contributed by atoms with Gasteiger partial charge in [-0.3, -0.25) is 33.7 Å². The second-order valence-corrected chi connectivity index (χ2v) is 23.0. The fourth-order valence-electron chi connectivity index (χ4n) is 13.6. The molecule has 4 saturated heterocycles. The summed E-state index contributed by atoms with van der Waals surface area (Å²) in [6, 6.07) is 15.6. The third-order valence-electron chi connectivity index (χ3n) is 17.9. The van der Waals surface area contributed by atoms with Crippen molar-refractivity contribution >= 4 is 40.3 Å². The second-order valence-electron chi connectivity index (χ2n) is 23.0. The minimum Gasteiger partial charge on any atom is -0.375 e. The molecule has 2 bridgehead atoms. The number of carbonyl (C=O) groups excluding carboxylic acids is 5. The molecule has 1 aromatic heterocycles. The van der Waals surface area contributed by atoms with Crippen LogP contribution in [0.25, 0.3) is 10.8 Å². The van der Waals surface area contributed by atoms with Crippen molar-refractivity contribution in [2.24, 2.45) is 11.3 Å². The summed E-state index contributed by atoms with van der Waals surface area (Å²) in [7, 11) is 0. The third kappa shape index (κ3) is 10.6. The molecule has 4 saturated carbocycles. The highest BCUT2D eigenvalue weighted by atomic mass is 19.1. The molecule has 2 atom stereocenters. The van der Waals surface area contributed by atoms with Crippen molar-refractivity contribution in [2.75, 3.05) is 72.0 Å². The number of alkyl halides is 1. The molecule has 404 valence electrons. The average molecular weight is 1050 g/mol. The van der Waals surface area contributed by atoms with Crippen molar-refractivity contribution in [1.82, 2.24) is 40.0 Å². The van der Waals surface area contributed by atoms with E-state index in [9.17, 15) is 33.2 Å². The Morgan fingerprint density at radius 2 is 1.39 bits per heavy atom. The number of halogens is 3. The minimum atomic E-state index is -1.18. The highest BCUT2D eigenvalue weighted by molar-refractivity contribution is 5.98. The summed E-state index contributed by atoms with van der Waals surface area (Å²) >= 11 is 0. The number of benzene rings is 3. The average Bonchev–Trinajstić information content (AvgIpc) is 3.55. The number of aromatic amines is 1. The molecule has 2 N–H and O–H groups in total. The van der Waals surface area contributed by atoms with E-state index in [1.54, 1.807) is 51.1 Å². The third-order valence-corrected chi connectivity index (χ3v) is 17.9. The van der Waals surface area contributed by atoms with Gasteiger partial charge in [-0.1, -0.05) is 55.7 Å². The Morgan fingerprint density at radius 3 is 2.11 bits per heavy atom. The van der Waals surface area contributed by atoms with Gasteiger partial charge in [0.25, 0.3) is 17.4 Å². The molecule has 76 heavy (non-hydrogen) atoms. The molecule has 8 aliphatic rings. The first kappa shape index (κ1) is 51.9. The number of nitrogens with zero attached hydrogens (tertiary/aromatic N) is 6. The molecular weight excluding hydrogens is 978 g/mol. The number of hydrogen-bond donors (Lipinski definition) is 2. The number of nitrogens with one attached hydrogen (secondary N) is 2. The topological polar surface area (TPSA) is 169 Å². The molecule has 0 radical (unpaired) electrons. The fraction of sp³-hybridized carbons (Fsp3) is 0.569. The van der Waals surface area contributed by atoms with E-state index >= 15 is 8.78 Å². The van der Waals surface area contributed by atoms with Gasteiger partial charge in [0.05, 0.1) is 46.4 Å². The molecule has 3 aromatic carbocycles. The Hall–Kier alpha value is -6.14. The summed E-state index contributed by atoms with van der Waals surface area (Å²) in [6.07, 6.45) is 9.92. The number of fused-ring (bicyclic) bond motifs is 1. The molecule has 8 fully saturated rings. The van der Waals surface area contributed by atoms with Crippen LogP contribution in [-0.2, 0) is 25.5 Å². The lowest BCUT2D eigenvalue weighted by Gasteiger charge is -2.65. The number of carbonyl (C=O) groups is 5. The Balaban J connectivity index is 0.623. The zero-order valence-electron chi connectivity index (χ0n) is 43.2. The van der Waals surface area contributed by atoms with Crippen LogP contribution in [-0.4, -0.2) is 160 Å². The van der Waals surface area contributed by atoms with Gasteiger partial charge in [0.1, 0.15) is 23.3 Å². The SMILES string of the molecule is O=C(N[C@@H](C(=O)N1CCC(OC2CCN(CC(=O)N3CCN(C(=O)c4cc(Cc5n[nH]c(=O)c6ccccc56)ccc4F)CC3)CC2)CC1)C1CCCCC1)c1cccc(C2CCCN(C(=O)C34CC(F)(C3)C4)C2)c1F. The largest absolute Gasteiger partial charge is 0.375 e. The van der Waals surface area contributed by atoms with E-state index in [1.807, 2.05) is 17.0 Å². The summed E-state index contributed by atoms with van der Waals surface area (Å²) in [4.78, 5) is 90.3. The molecule has 0 spiro atoms. The minimum absolute atomic E-state index is 0.0154. The standard InChI is InChI=1S/C58H69F3N8O7/c59-47-16-15-37(31-48-43-11-4-5-12-44(43)53(72)64-63-48)30-46(47)54(73)68-28-26-66(27-29-68)49(70)33-65-22-17-40(18-23-65)76-41-19-24-67(25-20-41)55(74)51(38-8-2-1-3-9-38)62-52(71)45-14-6-13-42(50(45)60)39-10-7-21-69(32-39)56(75)57-34-58(61,35-57)36-57/h4-6,11-16,30,38-41,51H,1-3,7-10,17-29,31-36H2,(H,62,71)(H,64,72)/t39?,51-,57?,58?/m1/s1. The highest BCUT2D eigenvalue weighted by Crippen LogP contribution is 2.70. The van der Waals surface area contributed by atoms with Crippen LogP contribution in [0.15, 0.2) is 65.5 Å². The lowest BCUT2D eigenvalue weighted by atomic mass is 9.42. The van der Waals surface area contributed by atoms with Gasteiger partial charge in [-0.2, -0.15) is 5.10 Å². The normalized spacial score (nSPS) is 25.2. The predicted molar refractivity (Wildman–Crippen MR) is 277 cm³/mol. The van der Waals surface area contributed by atoms with Crippen LogP contribution < -0.4 is 10.9 Å². The summed E-state index contributed by atoms with van der Waals surface area (Å²) in [5, 5.41) is 11.0. The monoisotopic (exact) mass is 1050 g/mol. The van der Waals surface area contributed by atoms with Gasteiger partial charge in [-0.25, -0.2) is 18.3 Å². The zero-order valence-corrected chi connectivity index (χ0v) is 43.2. The number of piperidine rings is 3. The van der Waals surface area contributed by atoms with Crippen LogP contribution in [0, 0.1) is 23.0 Å². The first-order valence-corrected chi connectivity index (χ1v) is 27.8. The molecule has 12 rings (SSSR count). The van der Waals surface area contributed by atoms with Crippen LogP contribution in [0.4, 0.5) is 13.2 Å². The number of ether oxygens (including phenoxy) is 1. The van der Waals surface area contributed by atoms with E-state index in [0.717, 1.165) is 44.9 Å². The van der Waals surface area contributed by atoms with Gasteiger partial charge >= 0.3 is 0 Å². The van der Waals surface area contributed by atoms with Crippen LogP contribution in [0.2, 0.25) is 0 Å². The highest BCUT2D eigenvalue weighted by Gasteiger charge is 2.73. The van der Waals surface area contributed by atoms with Crippen molar-refractivity contribution in [2.45, 2.75) is 126 Å². The number of likely N-dealkylation sites (tertiary alicyclic amines) is 3. The molecule has 4 aromatic rings. The number of rotatable bonds is 13. The first-order valence-electron chi connectivity index (χ1n) is 27.8. The summed E-state index contributed by atoms with van der Waals surface area (Å²) in [6.45, 7) is 4.76. The Kier molecular flexibility index (Phi) is 14.8. The lowest BCUT2D eigenvalue weighted by molar-refractivity contribution is -0.222. The van der Waals surface area contributed by atoms with Gasteiger partial charge in [0.2, 0.25) is 17.7 Å². The van der Waals surface area contributed by atoms with Crippen LogP contribution in [0.5, 0.6) is 0 Å². The quantitative estimate of drug-likeness (QED) is 0.151. The molecule has 15 nitrogen and oxygen atoms in total. The lowest BCUT2D eigenvalue weighted by Crippen LogP contribution is -2.70. The van der Waals surface area contributed by atoms with Crippen LogP contribution in [0.1, 0.15) is 133 Å². The van der Waals surface area contributed by atoms with Crippen molar-refractivity contribution < 1.29 is 41.9 Å². The fourth-order valence-corrected chi connectivity index (χ4v) is 13.6. The Bertz CT molecular complexity index is 2900. The maximum Gasteiger partial charge on any atom is 0.272 e. The van der Waals surface area contributed by atoms with Gasteiger partial charge < -0.3 is 29.7 Å². The first-order chi connectivity index (χ1) is 36.7. The number of hydrogen-bond acceptors (Lipinski definition) is 9. The van der Waals surface area contributed by atoms with Crippen LogP contribution >= 0.6 is 0 Å². The van der Waals surface area contributed by atoms with Crippen LogP contribution in [0.3, 0.4) is 0 Å². The predicted octanol–water partition coefficient (Wildman–Crippen LogP) is 6.53. The number of H-pyrrole nitrogens is 1. The van der Waals surface area contributed by atoms with Crippen molar-refractivity contribution in [1.29, 1.82) is 0 Å². The van der Waals surface area contributed by atoms with E-state index < -0.39 is 40.6 Å². The molecule has 1 unspecified atom stereocenters. The maximum absolute atomic E-state index is 16.4. The number of aromatic nitrogens is 2. The zero-order chi connectivity index (χ0) is 52.7. The van der Waals surface area contributed by atoms with E-state index in [4.69, 9.17) is 4.74 Å². The molecule has 4 aliphatic carbocycles. The summed E-state index contributed by atoms with van der Waals surface area (Å²) in [5.41, 5.74) is -0.539. The molecule has 5 amide bonds. The molecular formula is C58H69F3N8O7. The van der Waals surface area contributed by atoms with Crippen molar-refractivity contribution in [3.63, 3.8) is 0 Å². The van der Waals surface area contributed by atoms with Gasteiger partial charge in [-0.15, -0.1) is 0 Å².